The zero-order valence-electron chi connectivity index (χ0n) is 7.22. The predicted octanol–water partition coefficient (Wildman–Crippen LogP) is 3.63. The molecule has 0 saturated heterocycles. The van der Waals surface area contributed by atoms with Crippen molar-refractivity contribution in [2.45, 2.75) is 19.8 Å². The average molecular weight is 173 g/mol. The lowest BCUT2D eigenvalue weighted by Crippen LogP contribution is -2.11. The second-order valence-electron chi connectivity index (χ2n) is 2.94. The van der Waals surface area contributed by atoms with Crippen molar-refractivity contribution < 1.29 is 0 Å². The molecule has 0 aliphatic heterocycles. The normalized spacial score (nSPS) is 15.5. The molecule has 64 valence electrons. The highest BCUT2D eigenvalue weighted by Gasteiger charge is 2.12. The van der Waals surface area contributed by atoms with Gasteiger partial charge in [-0.25, -0.2) is 0 Å². The van der Waals surface area contributed by atoms with Gasteiger partial charge in [-0.2, -0.15) is 0 Å². The van der Waals surface area contributed by atoms with Gasteiger partial charge in [-0.15, -0.1) is 24.8 Å². The van der Waals surface area contributed by atoms with Crippen molar-refractivity contribution >= 4 is 11.6 Å². The first kappa shape index (κ1) is 10.8. The van der Waals surface area contributed by atoms with E-state index in [9.17, 15) is 0 Å². The number of hydrogen-bond acceptors (Lipinski definition) is 0. The zero-order chi connectivity index (χ0) is 8.69. The standard InChI is InChI=1S/C10H17Cl/c1-4-6-9(3)10(8-11)7-5-2/h4-5,9-10H,1-2,6-8H2,3H3. The molecule has 0 aromatic heterocycles. The smallest absolute Gasteiger partial charge is 0.0257 e. The summed E-state index contributed by atoms with van der Waals surface area (Å²) in [6.07, 6.45) is 5.95. The quantitative estimate of drug-likeness (QED) is 0.424. The van der Waals surface area contributed by atoms with E-state index in [1.54, 1.807) is 0 Å². The molecule has 0 saturated carbocycles. The second kappa shape index (κ2) is 6.48. The summed E-state index contributed by atoms with van der Waals surface area (Å²) in [5.74, 6) is 1.91. The minimum Gasteiger partial charge on any atom is -0.126 e. The van der Waals surface area contributed by atoms with Crippen molar-refractivity contribution in [2.24, 2.45) is 11.8 Å². The third-order valence-electron chi connectivity index (χ3n) is 2.01. The van der Waals surface area contributed by atoms with Crippen LogP contribution in [0.3, 0.4) is 0 Å². The van der Waals surface area contributed by atoms with Gasteiger partial charge in [0.2, 0.25) is 0 Å². The van der Waals surface area contributed by atoms with Crippen LogP contribution in [0.15, 0.2) is 25.3 Å². The van der Waals surface area contributed by atoms with Gasteiger partial charge in [0.1, 0.15) is 0 Å². The average Bonchev–Trinajstić information content (AvgIpc) is 2.00. The van der Waals surface area contributed by atoms with E-state index in [2.05, 4.69) is 20.1 Å². The topological polar surface area (TPSA) is 0 Å². The zero-order valence-corrected chi connectivity index (χ0v) is 7.98. The Hall–Kier alpha value is -0.230. The van der Waals surface area contributed by atoms with Crippen LogP contribution >= 0.6 is 11.6 Å². The van der Waals surface area contributed by atoms with Gasteiger partial charge in [-0.1, -0.05) is 19.1 Å². The van der Waals surface area contributed by atoms with Gasteiger partial charge in [0.25, 0.3) is 0 Å². The Labute approximate surface area is 74.9 Å². The first-order chi connectivity index (χ1) is 5.26. The SMILES string of the molecule is C=CCC(C)C(CCl)CC=C. The van der Waals surface area contributed by atoms with Gasteiger partial charge in [-0.05, 0) is 24.7 Å². The van der Waals surface area contributed by atoms with Gasteiger partial charge < -0.3 is 0 Å². The number of allylic oxidation sites excluding steroid dienone is 2. The molecule has 0 fully saturated rings. The minimum absolute atomic E-state index is 0.562. The maximum absolute atomic E-state index is 5.79. The highest BCUT2D eigenvalue weighted by atomic mass is 35.5. The van der Waals surface area contributed by atoms with Gasteiger partial charge in [0, 0.05) is 5.88 Å². The van der Waals surface area contributed by atoms with Crippen molar-refractivity contribution in [3.63, 3.8) is 0 Å². The van der Waals surface area contributed by atoms with E-state index >= 15 is 0 Å². The molecule has 0 aromatic carbocycles. The lowest BCUT2D eigenvalue weighted by molar-refractivity contribution is 0.400. The van der Waals surface area contributed by atoms with Crippen molar-refractivity contribution in [1.29, 1.82) is 0 Å². The van der Waals surface area contributed by atoms with Gasteiger partial charge in [0.15, 0.2) is 0 Å². The molecular weight excluding hydrogens is 156 g/mol. The molecule has 0 bridgehead atoms. The van der Waals surface area contributed by atoms with Crippen LogP contribution in [0.1, 0.15) is 19.8 Å². The Kier molecular flexibility index (Phi) is 6.34. The maximum Gasteiger partial charge on any atom is 0.0257 e. The van der Waals surface area contributed by atoms with Crippen molar-refractivity contribution in [2.75, 3.05) is 5.88 Å². The van der Waals surface area contributed by atoms with E-state index in [-0.39, 0.29) is 0 Å². The van der Waals surface area contributed by atoms with E-state index in [0.717, 1.165) is 18.7 Å². The molecule has 0 radical (unpaired) electrons. The third kappa shape index (κ3) is 4.26. The Morgan fingerprint density at radius 3 is 2.18 bits per heavy atom. The molecule has 0 N–H and O–H groups in total. The van der Waals surface area contributed by atoms with Crippen LogP contribution in [0.2, 0.25) is 0 Å². The van der Waals surface area contributed by atoms with E-state index in [4.69, 9.17) is 11.6 Å². The molecule has 0 rings (SSSR count). The Morgan fingerprint density at radius 2 is 1.82 bits per heavy atom. The Balaban J connectivity index is 3.78. The largest absolute Gasteiger partial charge is 0.126 e. The number of hydrogen-bond donors (Lipinski definition) is 0. The molecule has 11 heavy (non-hydrogen) atoms. The Bertz CT molecular complexity index is 118. The fourth-order valence-corrected chi connectivity index (χ4v) is 1.55. The van der Waals surface area contributed by atoms with Crippen molar-refractivity contribution in [1.82, 2.24) is 0 Å². The van der Waals surface area contributed by atoms with Crippen LogP contribution in [0.25, 0.3) is 0 Å². The molecule has 0 aliphatic rings. The number of rotatable bonds is 6. The van der Waals surface area contributed by atoms with Crippen LogP contribution < -0.4 is 0 Å². The lowest BCUT2D eigenvalue weighted by Gasteiger charge is -2.18. The maximum atomic E-state index is 5.79. The molecule has 0 aliphatic carbocycles. The van der Waals surface area contributed by atoms with Gasteiger partial charge >= 0.3 is 0 Å². The summed E-state index contributed by atoms with van der Waals surface area (Å²) in [7, 11) is 0. The first-order valence-electron chi connectivity index (χ1n) is 4.04. The van der Waals surface area contributed by atoms with Gasteiger partial charge in [-0.3, -0.25) is 0 Å². The summed E-state index contributed by atoms with van der Waals surface area (Å²) in [4.78, 5) is 0. The summed E-state index contributed by atoms with van der Waals surface area (Å²) < 4.78 is 0. The highest BCUT2D eigenvalue weighted by Crippen LogP contribution is 2.20. The molecule has 0 amide bonds. The molecule has 0 spiro atoms. The molecule has 2 unspecified atom stereocenters. The summed E-state index contributed by atoms with van der Waals surface area (Å²) in [6, 6.07) is 0. The molecule has 0 aromatic rings. The van der Waals surface area contributed by atoms with E-state index in [1.165, 1.54) is 0 Å². The van der Waals surface area contributed by atoms with E-state index in [0.29, 0.717) is 11.8 Å². The monoisotopic (exact) mass is 172 g/mol. The lowest BCUT2D eigenvalue weighted by atomic mass is 9.90. The Morgan fingerprint density at radius 1 is 1.27 bits per heavy atom. The van der Waals surface area contributed by atoms with Crippen LogP contribution in [0, 0.1) is 11.8 Å². The summed E-state index contributed by atoms with van der Waals surface area (Å²) in [6.45, 7) is 9.62. The molecule has 0 heterocycles. The fourth-order valence-electron chi connectivity index (χ4n) is 1.12. The van der Waals surface area contributed by atoms with Crippen LogP contribution in [0.5, 0.6) is 0 Å². The summed E-state index contributed by atoms with van der Waals surface area (Å²) in [5, 5.41) is 0. The summed E-state index contributed by atoms with van der Waals surface area (Å²) >= 11 is 5.79. The van der Waals surface area contributed by atoms with E-state index < -0.39 is 0 Å². The van der Waals surface area contributed by atoms with Crippen LogP contribution in [-0.4, -0.2) is 5.88 Å². The van der Waals surface area contributed by atoms with Gasteiger partial charge in [0.05, 0.1) is 0 Å². The van der Waals surface area contributed by atoms with Crippen LogP contribution in [-0.2, 0) is 0 Å². The molecule has 0 nitrogen and oxygen atoms in total. The van der Waals surface area contributed by atoms with E-state index in [1.807, 2.05) is 12.2 Å². The summed E-state index contributed by atoms with van der Waals surface area (Å²) in [5.41, 5.74) is 0. The second-order valence-corrected chi connectivity index (χ2v) is 3.25. The minimum atomic E-state index is 0.562. The van der Waals surface area contributed by atoms with Crippen molar-refractivity contribution in [3.8, 4) is 0 Å². The first-order valence-corrected chi connectivity index (χ1v) is 4.57. The predicted molar refractivity (Wildman–Crippen MR) is 53.0 cm³/mol. The molecule has 1 heteroatoms. The molecule has 2 atom stereocenters. The third-order valence-corrected chi connectivity index (χ3v) is 2.41. The number of alkyl halides is 1. The van der Waals surface area contributed by atoms with Crippen molar-refractivity contribution in [3.05, 3.63) is 25.3 Å². The highest BCUT2D eigenvalue weighted by molar-refractivity contribution is 6.18. The molecular formula is C10H17Cl. The number of halogens is 1. The van der Waals surface area contributed by atoms with Crippen LogP contribution in [0.4, 0.5) is 0 Å². The fraction of sp³-hybridized carbons (Fsp3) is 0.600.